The number of hydrogen-bond acceptors (Lipinski definition) is 6. The number of hydrogen-bond donors (Lipinski definition) is 2. The number of carbonyl (C=O) groups excluding carboxylic acids is 2. The molecule has 1 amide bonds. The number of aliphatic carboxylic acids is 1. The van der Waals surface area contributed by atoms with Gasteiger partial charge in [0.2, 0.25) is 0 Å². The third-order valence-electron chi connectivity index (χ3n) is 4.50. The van der Waals surface area contributed by atoms with Crippen molar-refractivity contribution in [1.29, 1.82) is 0 Å². The molecule has 0 fully saturated rings. The molecule has 3 atom stereocenters. The molecule has 8 heteroatoms. The zero-order chi connectivity index (χ0) is 24.7. The van der Waals surface area contributed by atoms with E-state index in [9.17, 15) is 19.5 Å². The molecule has 0 heterocycles. The molecule has 0 saturated heterocycles. The molecule has 0 bridgehead atoms. The third-order valence-corrected chi connectivity index (χ3v) is 4.50. The minimum Gasteiger partial charge on any atom is -0.478 e. The first kappa shape index (κ1) is 27.4. The Morgan fingerprint density at radius 3 is 2.00 bits per heavy atom. The number of Topliss-reactive ketones (excluding diaryl/α,β-unsaturated/α-hetero) is 1. The molecule has 1 aromatic carbocycles. The highest BCUT2D eigenvalue weighted by Crippen LogP contribution is 2.20. The fraction of sp³-hybridized carbons (Fsp3) is 0.625. The summed E-state index contributed by atoms with van der Waals surface area (Å²) in [5.41, 5.74) is -0.891. The lowest BCUT2D eigenvalue weighted by Gasteiger charge is -2.26. The lowest BCUT2D eigenvalue weighted by Crippen LogP contribution is -2.47. The maximum atomic E-state index is 13.1. The number of benzene rings is 1. The number of carboxylic acid groups (broad SMARTS) is 1. The highest BCUT2D eigenvalue weighted by atomic mass is 16.6. The van der Waals surface area contributed by atoms with E-state index < -0.39 is 35.4 Å². The molecule has 0 aliphatic carbocycles. The summed E-state index contributed by atoms with van der Waals surface area (Å²) in [6, 6.07) is 5.20. The predicted octanol–water partition coefficient (Wildman–Crippen LogP) is 4.46. The summed E-state index contributed by atoms with van der Waals surface area (Å²) in [6.45, 7) is 14.4. The monoisotopic (exact) mass is 451 g/mol. The summed E-state index contributed by atoms with van der Waals surface area (Å²) in [5, 5.41) is 12.0. The Bertz CT molecular complexity index is 775. The lowest BCUT2D eigenvalue weighted by atomic mass is 10.0. The van der Waals surface area contributed by atoms with Gasteiger partial charge >= 0.3 is 12.1 Å². The van der Waals surface area contributed by atoms with Crippen LogP contribution in [0.15, 0.2) is 24.3 Å². The molecule has 0 saturated carbocycles. The van der Waals surface area contributed by atoms with E-state index in [1.54, 1.807) is 39.8 Å². The summed E-state index contributed by atoms with van der Waals surface area (Å²) >= 11 is 0. The van der Waals surface area contributed by atoms with Crippen molar-refractivity contribution in [3.63, 3.8) is 0 Å². The fourth-order valence-electron chi connectivity index (χ4n) is 2.64. The molecule has 1 rings (SSSR count). The topological polar surface area (TPSA) is 111 Å². The molecule has 2 N–H and O–H groups in total. The minimum atomic E-state index is -1.04. The van der Waals surface area contributed by atoms with Gasteiger partial charge in [-0.1, -0.05) is 13.8 Å². The van der Waals surface area contributed by atoms with Gasteiger partial charge in [0.05, 0.1) is 12.2 Å². The molecule has 32 heavy (non-hydrogen) atoms. The van der Waals surface area contributed by atoms with Crippen molar-refractivity contribution in [3.8, 4) is 5.75 Å². The van der Waals surface area contributed by atoms with Crippen LogP contribution in [0.2, 0.25) is 0 Å². The minimum absolute atomic E-state index is 0.0328. The van der Waals surface area contributed by atoms with Gasteiger partial charge in [-0.25, -0.2) is 9.59 Å². The van der Waals surface area contributed by atoms with Crippen molar-refractivity contribution in [3.05, 3.63) is 29.8 Å². The van der Waals surface area contributed by atoms with Gasteiger partial charge in [0.15, 0.2) is 11.9 Å². The third kappa shape index (κ3) is 9.68. The van der Waals surface area contributed by atoms with Crippen LogP contribution in [0.25, 0.3) is 0 Å². The molecule has 0 radical (unpaired) electrons. The highest BCUT2D eigenvalue weighted by Gasteiger charge is 2.28. The summed E-state index contributed by atoms with van der Waals surface area (Å²) in [6.07, 6.45) is -1.05. The Morgan fingerprint density at radius 1 is 1.00 bits per heavy atom. The molecular formula is C24H37NO7. The van der Waals surface area contributed by atoms with Crippen LogP contribution in [-0.2, 0) is 14.3 Å². The van der Waals surface area contributed by atoms with E-state index in [1.807, 2.05) is 27.7 Å². The average molecular weight is 452 g/mol. The number of ether oxygens (including phenoxy) is 3. The Labute approximate surface area is 190 Å². The molecule has 2 unspecified atom stereocenters. The van der Waals surface area contributed by atoms with E-state index in [-0.39, 0.29) is 18.3 Å². The Hall–Kier alpha value is -2.61. The largest absolute Gasteiger partial charge is 0.478 e. The van der Waals surface area contributed by atoms with Gasteiger partial charge in [-0.15, -0.1) is 0 Å². The Kier molecular flexibility index (Phi) is 9.70. The summed E-state index contributed by atoms with van der Waals surface area (Å²) in [4.78, 5) is 36.8. The standard InChI is InChI=1S/C24H37NO7/c1-9-15(2)20(21(27)28)31-17-12-10-16(11-13-17)19(26)18(14-30-23(3,4)5)25-22(29)32-24(6,7)8/h10-13,15,18,20H,9,14H2,1-8H3,(H,25,29)(H,27,28)/t15-,18?,20?/m0/s1. The summed E-state index contributed by atoms with van der Waals surface area (Å²) < 4.78 is 16.6. The smallest absolute Gasteiger partial charge is 0.408 e. The van der Waals surface area contributed by atoms with E-state index >= 15 is 0 Å². The van der Waals surface area contributed by atoms with Gasteiger partial charge in [-0.2, -0.15) is 0 Å². The molecule has 0 aliphatic heterocycles. The van der Waals surface area contributed by atoms with Gasteiger partial charge in [0.25, 0.3) is 0 Å². The second-order valence-corrected chi connectivity index (χ2v) is 9.77. The van der Waals surface area contributed by atoms with E-state index in [1.165, 1.54) is 12.1 Å². The maximum absolute atomic E-state index is 13.1. The zero-order valence-electron chi connectivity index (χ0n) is 20.4. The van der Waals surface area contributed by atoms with Gasteiger partial charge in [0.1, 0.15) is 17.4 Å². The highest BCUT2D eigenvalue weighted by molar-refractivity contribution is 6.01. The van der Waals surface area contributed by atoms with Crippen molar-refractivity contribution in [2.75, 3.05) is 6.61 Å². The second-order valence-electron chi connectivity index (χ2n) is 9.77. The molecule has 0 aliphatic rings. The number of nitrogens with one attached hydrogen (secondary N) is 1. The SMILES string of the molecule is CC[C@H](C)C(Oc1ccc(C(=O)C(COC(C)(C)C)NC(=O)OC(C)(C)C)cc1)C(=O)O. The van der Waals surface area contributed by atoms with Crippen molar-refractivity contribution >= 4 is 17.8 Å². The van der Waals surface area contributed by atoms with Gasteiger partial charge < -0.3 is 24.6 Å². The maximum Gasteiger partial charge on any atom is 0.408 e. The van der Waals surface area contributed by atoms with Gasteiger partial charge in [-0.3, -0.25) is 4.79 Å². The number of carbonyl (C=O) groups is 3. The Morgan fingerprint density at radius 2 is 1.56 bits per heavy atom. The van der Waals surface area contributed by atoms with E-state index in [4.69, 9.17) is 14.2 Å². The van der Waals surface area contributed by atoms with Gasteiger partial charge in [-0.05, 0) is 72.2 Å². The van der Waals surface area contributed by atoms with Crippen LogP contribution in [0.5, 0.6) is 5.75 Å². The first-order valence-corrected chi connectivity index (χ1v) is 10.8. The van der Waals surface area contributed by atoms with Crippen molar-refractivity contribution in [1.82, 2.24) is 5.32 Å². The van der Waals surface area contributed by atoms with Crippen LogP contribution in [0, 0.1) is 5.92 Å². The quantitative estimate of drug-likeness (QED) is 0.505. The number of alkyl carbamates (subject to hydrolysis) is 1. The fourth-order valence-corrected chi connectivity index (χ4v) is 2.64. The van der Waals surface area contributed by atoms with Gasteiger partial charge in [0, 0.05) is 11.5 Å². The molecule has 1 aromatic rings. The first-order valence-electron chi connectivity index (χ1n) is 10.8. The number of rotatable bonds is 10. The molecule has 8 nitrogen and oxygen atoms in total. The molecular weight excluding hydrogens is 414 g/mol. The zero-order valence-corrected chi connectivity index (χ0v) is 20.4. The molecule has 180 valence electrons. The van der Waals surface area contributed by atoms with Crippen LogP contribution in [0.4, 0.5) is 4.79 Å². The molecule has 0 spiro atoms. The number of amides is 1. The number of ketones is 1. The van der Waals surface area contributed by atoms with E-state index in [0.29, 0.717) is 17.7 Å². The normalized spacial score (nSPS) is 14.8. The predicted molar refractivity (Wildman–Crippen MR) is 121 cm³/mol. The van der Waals surface area contributed by atoms with Crippen LogP contribution in [0.1, 0.15) is 72.2 Å². The van der Waals surface area contributed by atoms with E-state index in [0.717, 1.165) is 0 Å². The van der Waals surface area contributed by atoms with Crippen LogP contribution in [-0.4, -0.2) is 52.9 Å². The summed E-state index contributed by atoms with van der Waals surface area (Å²) in [5.74, 6) is -1.23. The molecule has 0 aromatic heterocycles. The van der Waals surface area contributed by atoms with E-state index in [2.05, 4.69) is 5.32 Å². The lowest BCUT2D eigenvalue weighted by molar-refractivity contribution is -0.147. The Balaban J connectivity index is 3.00. The van der Waals surface area contributed by atoms with Crippen molar-refractivity contribution in [2.45, 2.75) is 85.2 Å². The number of carboxylic acids is 1. The summed E-state index contributed by atoms with van der Waals surface area (Å²) in [7, 11) is 0. The van der Waals surface area contributed by atoms with Crippen molar-refractivity contribution in [2.24, 2.45) is 5.92 Å². The second kappa shape index (κ2) is 11.3. The first-order chi connectivity index (χ1) is 14.6. The van der Waals surface area contributed by atoms with Crippen LogP contribution >= 0.6 is 0 Å². The van der Waals surface area contributed by atoms with Crippen LogP contribution < -0.4 is 10.1 Å². The average Bonchev–Trinajstić information content (AvgIpc) is 2.66. The van der Waals surface area contributed by atoms with Crippen molar-refractivity contribution < 1.29 is 33.7 Å². The van der Waals surface area contributed by atoms with Crippen LogP contribution in [0.3, 0.4) is 0 Å².